The number of carbonyl (C=O) groups excluding carboxylic acids is 2. The Labute approximate surface area is 133 Å². The molecule has 0 radical (unpaired) electrons. The van der Waals surface area contributed by atoms with Crippen molar-refractivity contribution in [3.8, 4) is 11.5 Å². The lowest BCUT2D eigenvalue weighted by atomic mass is 10.1. The quantitative estimate of drug-likeness (QED) is 0.645. The Morgan fingerprint density at radius 3 is 2.12 bits per heavy atom. The van der Waals surface area contributed by atoms with Crippen LogP contribution in [-0.4, -0.2) is 23.9 Å². The highest BCUT2D eigenvalue weighted by Gasteiger charge is 2.37. The van der Waals surface area contributed by atoms with Gasteiger partial charge in [-0.25, -0.2) is 0 Å². The number of ether oxygens (including phenoxy) is 2. The molecule has 5 nitrogen and oxygen atoms in total. The Kier molecular flexibility index (Phi) is 4.69. The van der Waals surface area contributed by atoms with E-state index in [0.717, 1.165) is 18.2 Å². The molecule has 1 aliphatic heterocycles. The standard InChI is InChI=1S/C12H5F6NO4S/c13-11(14,15)22-6-3-1-2-5(8(6)23-12(16,17)18)4-7-9(20)19-10(21)24-7/h1-4H,(H,19,20,21)/b7-4+. The Balaban J connectivity index is 2.50. The van der Waals surface area contributed by atoms with Gasteiger partial charge in [0.25, 0.3) is 11.1 Å². The number of benzene rings is 1. The number of nitrogens with one attached hydrogen (secondary N) is 1. The molecule has 1 heterocycles. The Hall–Kier alpha value is -2.37. The topological polar surface area (TPSA) is 64.6 Å². The smallest absolute Gasteiger partial charge is 0.402 e. The second kappa shape index (κ2) is 6.26. The van der Waals surface area contributed by atoms with Crippen molar-refractivity contribution in [2.45, 2.75) is 12.7 Å². The molecule has 2 rings (SSSR count). The van der Waals surface area contributed by atoms with E-state index in [1.807, 2.05) is 5.32 Å². The van der Waals surface area contributed by atoms with Crippen molar-refractivity contribution in [3.63, 3.8) is 0 Å². The van der Waals surface area contributed by atoms with Crippen molar-refractivity contribution < 1.29 is 45.4 Å². The molecule has 0 aliphatic carbocycles. The first-order valence-corrected chi connectivity index (χ1v) is 6.65. The van der Waals surface area contributed by atoms with Gasteiger partial charge in [-0.2, -0.15) is 0 Å². The second-order valence-electron chi connectivity index (χ2n) is 4.12. The molecule has 1 fully saturated rings. The van der Waals surface area contributed by atoms with Gasteiger partial charge in [0, 0.05) is 5.56 Å². The number of halogens is 6. The van der Waals surface area contributed by atoms with Crippen LogP contribution in [0, 0.1) is 0 Å². The molecule has 24 heavy (non-hydrogen) atoms. The molecule has 1 saturated heterocycles. The number of imide groups is 1. The molecule has 2 amide bonds. The number of alkyl halides is 6. The fourth-order valence-corrected chi connectivity index (χ4v) is 2.31. The monoisotopic (exact) mass is 373 g/mol. The zero-order valence-electron chi connectivity index (χ0n) is 11.1. The van der Waals surface area contributed by atoms with Crippen LogP contribution in [0.5, 0.6) is 11.5 Å². The first-order valence-electron chi connectivity index (χ1n) is 5.84. The average Bonchev–Trinajstić information content (AvgIpc) is 2.68. The summed E-state index contributed by atoms with van der Waals surface area (Å²) >= 11 is 0.376. The van der Waals surface area contributed by atoms with Gasteiger partial charge in [-0.05, 0) is 23.9 Å². The minimum atomic E-state index is -5.31. The van der Waals surface area contributed by atoms with E-state index >= 15 is 0 Å². The lowest BCUT2D eigenvalue weighted by Gasteiger charge is -2.17. The maximum atomic E-state index is 12.5. The van der Waals surface area contributed by atoms with Crippen LogP contribution in [0.25, 0.3) is 6.08 Å². The molecule has 0 atom stereocenters. The summed E-state index contributed by atoms with van der Waals surface area (Å²) in [6, 6.07) is 2.55. The van der Waals surface area contributed by atoms with E-state index in [1.54, 1.807) is 0 Å². The second-order valence-corrected chi connectivity index (χ2v) is 5.14. The summed E-state index contributed by atoms with van der Waals surface area (Å²) in [6.07, 6.45) is -9.78. The Morgan fingerprint density at radius 2 is 1.62 bits per heavy atom. The van der Waals surface area contributed by atoms with E-state index < -0.39 is 40.9 Å². The molecule has 0 saturated carbocycles. The molecule has 0 unspecified atom stereocenters. The van der Waals surface area contributed by atoms with E-state index in [4.69, 9.17) is 0 Å². The van der Waals surface area contributed by atoms with Crippen molar-refractivity contribution in [2.24, 2.45) is 0 Å². The van der Waals surface area contributed by atoms with Gasteiger partial charge < -0.3 is 9.47 Å². The first kappa shape index (κ1) is 18.0. The predicted molar refractivity (Wildman–Crippen MR) is 68.9 cm³/mol. The van der Waals surface area contributed by atoms with Gasteiger partial charge in [-0.15, -0.1) is 26.3 Å². The van der Waals surface area contributed by atoms with E-state index in [2.05, 4.69) is 9.47 Å². The Bertz CT molecular complexity index is 712. The van der Waals surface area contributed by atoms with Crippen LogP contribution in [-0.2, 0) is 4.79 Å². The van der Waals surface area contributed by atoms with Crippen LogP contribution in [0.4, 0.5) is 31.1 Å². The highest BCUT2D eigenvalue weighted by molar-refractivity contribution is 8.18. The average molecular weight is 373 g/mol. The molecule has 12 heteroatoms. The number of carbonyl (C=O) groups is 2. The van der Waals surface area contributed by atoms with Gasteiger partial charge in [-0.3, -0.25) is 14.9 Å². The number of thioether (sulfide) groups is 1. The summed E-state index contributed by atoms with van der Waals surface area (Å²) in [5, 5.41) is 1.08. The molecular formula is C12H5F6NO4S. The van der Waals surface area contributed by atoms with Crippen LogP contribution in [0.3, 0.4) is 0 Å². The van der Waals surface area contributed by atoms with Crippen molar-refractivity contribution >= 4 is 29.0 Å². The maximum Gasteiger partial charge on any atom is 0.573 e. The molecule has 0 bridgehead atoms. The highest BCUT2D eigenvalue weighted by atomic mass is 32.2. The van der Waals surface area contributed by atoms with Crippen molar-refractivity contribution in [3.05, 3.63) is 28.7 Å². The number of amides is 2. The van der Waals surface area contributed by atoms with Gasteiger partial charge in [0.2, 0.25) is 0 Å². The third-order valence-electron chi connectivity index (χ3n) is 2.38. The molecular weight excluding hydrogens is 368 g/mol. The molecule has 1 aromatic carbocycles. The van der Waals surface area contributed by atoms with Gasteiger partial charge in [0.1, 0.15) is 0 Å². The lowest BCUT2D eigenvalue weighted by Crippen LogP contribution is -2.22. The molecule has 0 aromatic heterocycles. The van der Waals surface area contributed by atoms with Crippen LogP contribution >= 0.6 is 11.8 Å². The molecule has 1 N–H and O–H groups in total. The van der Waals surface area contributed by atoms with E-state index in [1.165, 1.54) is 0 Å². The van der Waals surface area contributed by atoms with E-state index in [0.29, 0.717) is 17.8 Å². The van der Waals surface area contributed by atoms with Crippen molar-refractivity contribution in [1.29, 1.82) is 0 Å². The summed E-state index contributed by atoms with van der Waals surface area (Å²) in [7, 11) is 0. The van der Waals surface area contributed by atoms with E-state index in [-0.39, 0.29) is 4.91 Å². The maximum absolute atomic E-state index is 12.5. The fraction of sp³-hybridized carbons (Fsp3) is 0.167. The predicted octanol–water partition coefficient (Wildman–Crippen LogP) is 3.81. The van der Waals surface area contributed by atoms with Crippen LogP contribution < -0.4 is 14.8 Å². The number of rotatable bonds is 3. The van der Waals surface area contributed by atoms with Crippen LogP contribution in [0.1, 0.15) is 5.56 Å². The minimum Gasteiger partial charge on any atom is -0.402 e. The third-order valence-corrected chi connectivity index (χ3v) is 3.19. The summed E-state index contributed by atoms with van der Waals surface area (Å²) in [4.78, 5) is 22.1. The highest BCUT2D eigenvalue weighted by Crippen LogP contribution is 2.40. The summed E-state index contributed by atoms with van der Waals surface area (Å²) in [6.45, 7) is 0. The summed E-state index contributed by atoms with van der Waals surface area (Å²) in [5.74, 6) is -3.43. The molecule has 1 aliphatic rings. The number of hydrogen-bond acceptors (Lipinski definition) is 5. The SMILES string of the molecule is O=C1NC(=O)/C(=C\c2cccc(OC(F)(F)F)c2OC(F)(F)F)S1. The minimum absolute atomic E-state index is 0.309. The zero-order chi connectivity index (χ0) is 18.1. The summed E-state index contributed by atoms with van der Waals surface area (Å²) < 4.78 is 81.4. The largest absolute Gasteiger partial charge is 0.573 e. The normalized spacial score (nSPS) is 17.2. The number of hydrogen-bond donors (Lipinski definition) is 1. The van der Waals surface area contributed by atoms with Crippen molar-refractivity contribution in [1.82, 2.24) is 5.32 Å². The van der Waals surface area contributed by atoms with Crippen LogP contribution in [0.2, 0.25) is 0 Å². The molecule has 1 aromatic rings. The third kappa shape index (κ3) is 4.81. The lowest BCUT2D eigenvalue weighted by molar-refractivity contribution is -0.287. The molecule has 130 valence electrons. The van der Waals surface area contributed by atoms with Gasteiger partial charge in [0.15, 0.2) is 11.5 Å². The zero-order valence-corrected chi connectivity index (χ0v) is 11.9. The fourth-order valence-electron chi connectivity index (χ4n) is 1.64. The van der Waals surface area contributed by atoms with E-state index in [9.17, 15) is 35.9 Å². The van der Waals surface area contributed by atoms with Gasteiger partial charge in [0.05, 0.1) is 4.91 Å². The Morgan fingerprint density at radius 1 is 1.00 bits per heavy atom. The first-order chi connectivity index (χ1) is 10.9. The van der Waals surface area contributed by atoms with Gasteiger partial charge in [-0.1, -0.05) is 12.1 Å². The van der Waals surface area contributed by atoms with Gasteiger partial charge >= 0.3 is 12.7 Å². The van der Waals surface area contributed by atoms with Crippen molar-refractivity contribution in [2.75, 3.05) is 0 Å². The summed E-state index contributed by atoms with van der Waals surface area (Å²) in [5.41, 5.74) is -0.526. The van der Waals surface area contributed by atoms with Crippen LogP contribution in [0.15, 0.2) is 23.1 Å². The number of para-hydroxylation sites is 1. The molecule has 0 spiro atoms.